The number of esters is 1. The summed E-state index contributed by atoms with van der Waals surface area (Å²) >= 11 is 6.27. The van der Waals surface area contributed by atoms with Gasteiger partial charge in [-0.15, -0.1) is 0 Å². The van der Waals surface area contributed by atoms with Crippen molar-refractivity contribution in [1.82, 2.24) is 10.3 Å². The summed E-state index contributed by atoms with van der Waals surface area (Å²) in [4.78, 5) is 27.9. The number of carbonyl (C=O) groups is 2. The summed E-state index contributed by atoms with van der Waals surface area (Å²) in [5, 5.41) is 12.4. The number of nitrogens with zero attached hydrogens (tertiary/aromatic N) is 1. The van der Waals surface area contributed by atoms with Gasteiger partial charge in [-0.05, 0) is 12.5 Å². The van der Waals surface area contributed by atoms with Crippen LogP contribution >= 0.6 is 11.6 Å². The molecular weight excluding hydrogens is 308 g/mol. The Morgan fingerprint density at radius 3 is 2.82 bits per heavy atom. The maximum absolute atomic E-state index is 12.2. The SMILES string of the molecule is COC(=O)[C@H](CO)NC(=O)c1cnc2c(C)cccc2c1Cl. The monoisotopic (exact) mass is 322 g/mol. The molecule has 2 aromatic rings. The fourth-order valence-corrected chi connectivity index (χ4v) is 2.34. The van der Waals surface area contributed by atoms with Crippen molar-refractivity contribution in [2.24, 2.45) is 0 Å². The van der Waals surface area contributed by atoms with E-state index in [2.05, 4.69) is 15.0 Å². The Morgan fingerprint density at radius 1 is 1.45 bits per heavy atom. The van der Waals surface area contributed by atoms with Gasteiger partial charge in [0.1, 0.15) is 0 Å². The fraction of sp³-hybridized carbons (Fsp3) is 0.267. The molecular formula is C15H15ClN2O4. The molecule has 0 radical (unpaired) electrons. The van der Waals surface area contributed by atoms with Crippen molar-refractivity contribution in [2.75, 3.05) is 13.7 Å². The van der Waals surface area contributed by atoms with Crippen LogP contribution in [0.1, 0.15) is 15.9 Å². The zero-order chi connectivity index (χ0) is 16.3. The van der Waals surface area contributed by atoms with Crippen molar-refractivity contribution in [3.8, 4) is 0 Å². The van der Waals surface area contributed by atoms with Crippen LogP contribution in [0.25, 0.3) is 10.9 Å². The van der Waals surface area contributed by atoms with Crippen molar-refractivity contribution in [2.45, 2.75) is 13.0 Å². The molecule has 2 rings (SSSR count). The highest BCUT2D eigenvalue weighted by atomic mass is 35.5. The number of halogens is 1. The number of rotatable bonds is 4. The van der Waals surface area contributed by atoms with Gasteiger partial charge in [0.15, 0.2) is 6.04 Å². The highest BCUT2D eigenvalue weighted by Crippen LogP contribution is 2.27. The van der Waals surface area contributed by atoms with E-state index in [0.29, 0.717) is 10.9 Å². The number of aromatic nitrogens is 1. The van der Waals surface area contributed by atoms with Gasteiger partial charge in [0.2, 0.25) is 0 Å². The van der Waals surface area contributed by atoms with Crippen molar-refractivity contribution >= 4 is 34.4 Å². The number of ether oxygens (including phenoxy) is 1. The molecule has 116 valence electrons. The van der Waals surface area contributed by atoms with Crippen molar-refractivity contribution in [3.05, 3.63) is 40.5 Å². The number of para-hydroxylation sites is 1. The van der Waals surface area contributed by atoms with Crippen molar-refractivity contribution in [1.29, 1.82) is 0 Å². The number of nitrogens with one attached hydrogen (secondary N) is 1. The van der Waals surface area contributed by atoms with Crippen LogP contribution in [0.4, 0.5) is 0 Å². The number of amides is 1. The lowest BCUT2D eigenvalue weighted by Crippen LogP contribution is -2.44. The minimum absolute atomic E-state index is 0.127. The van der Waals surface area contributed by atoms with Crippen LogP contribution in [0.5, 0.6) is 0 Å². The fourth-order valence-electron chi connectivity index (χ4n) is 2.05. The molecule has 1 atom stereocenters. The van der Waals surface area contributed by atoms with Gasteiger partial charge < -0.3 is 15.2 Å². The van der Waals surface area contributed by atoms with Crippen LogP contribution < -0.4 is 5.32 Å². The molecule has 6 nitrogen and oxygen atoms in total. The first-order valence-electron chi connectivity index (χ1n) is 6.53. The second-order valence-corrected chi connectivity index (χ2v) is 5.07. The van der Waals surface area contributed by atoms with Crippen LogP contribution in [0.2, 0.25) is 5.02 Å². The summed E-state index contributed by atoms with van der Waals surface area (Å²) < 4.78 is 4.49. The lowest BCUT2D eigenvalue weighted by atomic mass is 10.1. The quantitative estimate of drug-likeness (QED) is 0.832. The second-order valence-electron chi connectivity index (χ2n) is 4.69. The van der Waals surface area contributed by atoms with Gasteiger partial charge in [-0.25, -0.2) is 4.79 Å². The highest BCUT2D eigenvalue weighted by molar-refractivity contribution is 6.38. The molecule has 1 aromatic carbocycles. The molecule has 2 N–H and O–H groups in total. The number of carbonyl (C=O) groups excluding carboxylic acids is 2. The number of hydrogen-bond acceptors (Lipinski definition) is 5. The molecule has 0 unspecified atom stereocenters. The summed E-state index contributed by atoms with van der Waals surface area (Å²) in [5.41, 5.74) is 1.77. The number of benzene rings is 1. The number of pyridine rings is 1. The Kier molecular flexibility index (Phi) is 4.95. The Morgan fingerprint density at radius 2 is 2.18 bits per heavy atom. The molecule has 0 aliphatic carbocycles. The number of aliphatic hydroxyl groups excluding tert-OH is 1. The second kappa shape index (κ2) is 6.72. The van der Waals surface area contributed by atoms with E-state index >= 15 is 0 Å². The normalized spacial score (nSPS) is 12.0. The zero-order valence-corrected chi connectivity index (χ0v) is 12.8. The predicted molar refractivity (Wildman–Crippen MR) is 81.8 cm³/mol. The third-order valence-electron chi connectivity index (χ3n) is 3.25. The molecule has 0 saturated carbocycles. The van der Waals surface area contributed by atoms with Crippen LogP contribution in [0, 0.1) is 6.92 Å². The van der Waals surface area contributed by atoms with Gasteiger partial charge in [0, 0.05) is 11.6 Å². The maximum Gasteiger partial charge on any atom is 0.330 e. The van der Waals surface area contributed by atoms with E-state index in [1.807, 2.05) is 19.1 Å². The lowest BCUT2D eigenvalue weighted by Gasteiger charge is -2.15. The van der Waals surface area contributed by atoms with Crippen molar-refractivity contribution < 1.29 is 19.4 Å². The Labute approximate surface area is 132 Å². The minimum Gasteiger partial charge on any atom is -0.467 e. The third kappa shape index (κ3) is 3.03. The average molecular weight is 323 g/mol. The standard InChI is InChI=1S/C15H15ClN2O4/c1-8-4-3-5-9-12(16)10(6-17-13(8)9)14(20)18-11(7-19)15(21)22-2/h3-6,11,19H,7H2,1-2H3,(H,18,20)/t11-/m0/s1. The molecule has 1 heterocycles. The topological polar surface area (TPSA) is 88.5 Å². The van der Waals surface area contributed by atoms with E-state index < -0.39 is 24.5 Å². The Bertz CT molecular complexity index is 733. The number of fused-ring (bicyclic) bond motifs is 1. The molecule has 0 bridgehead atoms. The van der Waals surface area contributed by atoms with Crippen LogP contribution in [-0.2, 0) is 9.53 Å². The Hall–Kier alpha value is -2.18. The summed E-state index contributed by atoms with van der Waals surface area (Å²) in [6, 6.07) is 4.32. The molecule has 0 spiro atoms. The maximum atomic E-state index is 12.2. The van der Waals surface area contributed by atoms with Gasteiger partial charge in [-0.1, -0.05) is 29.8 Å². The lowest BCUT2D eigenvalue weighted by molar-refractivity contribution is -0.143. The van der Waals surface area contributed by atoms with Gasteiger partial charge in [0.05, 0.1) is 29.8 Å². The number of hydrogen-bond donors (Lipinski definition) is 2. The van der Waals surface area contributed by atoms with E-state index in [1.54, 1.807) is 6.07 Å². The zero-order valence-electron chi connectivity index (χ0n) is 12.1. The van der Waals surface area contributed by atoms with Crippen LogP contribution in [0.15, 0.2) is 24.4 Å². The van der Waals surface area contributed by atoms with Gasteiger partial charge >= 0.3 is 5.97 Å². The summed E-state index contributed by atoms with van der Waals surface area (Å²) in [6.07, 6.45) is 1.35. The number of aryl methyl sites for hydroxylation is 1. The average Bonchev–Trinajstić information content (AvgIpc) is 2.52. The summed E-state index contributed by atoms with van der Waals surface area (Å²) in [7, 11) is 1.17. The molecule has 0 aliphatic heterocycles. The van der Waals surface area contributed by atoms with Gasteiger partial charge in [-0.2, -0.15) is 0 Å². The first-order chi connectivity index (χ1) is 10.5. The van der Waals surface area contributed by atoms with E-state index in [1.165, 1.54) is 13.3 Å². The molecule has 1 amide bonds. The third-order valence-corrected chi connectivity index (χ3v) is 3.66. The molecule has 22 heavy (non-hydrogen) atoms. The van der Waals surface area contributed by atoms with E-state index in [-0.39, 0.29) is 10.6 Å². The smallest absolute Gasteiger partial charge is 0.330 e. The predicted octanol–water partition coefficient (Wildman–Crippen LogP) is 1.46. The van der Waals surface area contributed by atoms with Crippen LogP contribution in [0.3, 0.4) is 0 Å². The molecule has 1 aromatic heterocycles. The molecule has 0 saturated heterocycles. The first-order valence-corrected chi connectivity index (χ1v) is 6.90. The molecule has 0 fully saturated rings. The summed E-state index contributed by atoms with van der Waals surface area (Å²) in [6.45, 7) is 1.32. The van der Waals surface area contributed by atoms with Crippen molar-refractivity contribution in [3.63, 3.8) is 0 Å². The molecule has 0 aliphatic rings. The largest absolute Gasteiger partial charge is 0.467 e. The minimum atomic E-state index is -1.15. The Balaban J connectivity index is 2.36. The number of methoxy groups -OCH3 is 1. The number of aliphatic hydroxyl groups is 1. The highest BCUT2D eigenvalue weighted by Gasteiger charge is 2.23. The van der Waals surface area contributed by atoms with Gasteiger partial charge in [0.25, 0.3) is 5.91 Å². The summed E-state index contributed by atoms with van der Waals surface area (Å²) in [5.74, 6) is -1.35. The van der Waals surface area contributed by atoms with Gasteiger partial charge in [-0.3, -0.25) is 9.78 Å². The van der Waals surface area contributed by atoms with Crippen LogP contribution in [-0.4, -0.2) is 41.7 Å². The first kappa shape index (κ1) is 16.2. The van der Waals surface area contributed by atoms with E-state index in [4.69, 9.17) is 16.7 Å². The van der Waals surface area contributed by atoms with E-state index in [9.17, 15) is 9.59 Å². The molecule has 7 heteroatoms. The van der Waals surface area contributed by atoms with E-state index in [0.717, 1.165) is 5.56 Å².